The molecule has 1 heterocycles. The van der Waals surface area contributed by atoms with Gasteiger partial charge in [-0.15, -0.1) is 0 Å². The molecule has 0 radical (unpaired) electrons. The summed E-state index contributed by atoms with van der Waals surface area (Å²) in [4.78, 5) is 4.67. The molecule has 1 fully saturated rings. The SMILES string of the molecule is CN1CCN(C)c2cc(C3(N)CCCC3)ccc21. The van der Waals surface area contributed by atoms with Crippen molar-refractivity contribution in [3.05, 3.63) is 23.8 Å². The molecule has 18 heavy (non-hydrogen) atoms. The minimum absolute atomic E-state index is 0.0775. The first-order chi connectivity index (χ1) is 8.60. The average molecular weight is 245 g/mol. The van der Waals surface area contributed by atoms with Crippen LogP contribution in [0.15, 0.2) is 18.2 Å². The maximum Gasteiger partial charge on any atom is 0.0605 e. The molecule has 0 unspecified atom stereocenters. The number of hydrogen-bond acceptors (Lipinski definition) is 3. The fourth-order valence-electron chi connectivity index (χ4n) is 3.30. The summed E-state index contributed by atoms with van der Waals surface area (Å²) in [6.45, 7) is 2.18. The third kappa shape index (κ3) is 1.77. The van der Waals surface area contributed by atoms with E-state index in [9.17, 15) is 0 Å². The van der Waals surface area contributed by atoms with Crippen LogP contribution in [-0.4, -0.2) is 27.2 Å². The van der Waals surface area contributed by atoms with Crippen molar-refractivity contribution in [2.75, 3.05) is 37.0 Å². The standard InChI is InChI=1S/C15H23N3/c1-17-9-10-18(2)14-11-12(5-6-13(14)17)15(16)7-3-4-8-15/h5-6,11H,3-4,7-10,16H2,1-2H3. The zero-order valence-electron chi connectivity index (χ0n) is 11.4. The van der Waals surface area contributed by atoms with Crippen molar-refractivity contribution in [1.82, 2.24) is 0 Å². The van der Waals surface area contributed by atoms with E-state index in [0.717, 1.165) is 25.9 Å². The van der Waals surface area contributed by atoms with Gasteiger partial charge in [0, 0.05) is 32.7 Å². The lowest BCUT2D eigenvalue weighted by Crippen LogP contribution is -2.38. The molecule has 0 amide bonds. The van der Waals surface area contributed by atoms with Crippen molar-refractivity contribution in [3.63, 3.8) is 0 Å². The van der Waals surface area contributed by atoms with Crippen molar-refractivity contribution in [2.45, 2.75) is 31.2 Å². The van der Waals surface area contributed by atoms with Gasteiger partial charge >= 0.3 is 0 Å². The molecule has 3 rings (SSSR count). The van der Waals surface area contributed by atoms with Crippen LogP contribution in [0.2, 0.25) is 0 Å². The zero-order chi connectivity index (χ0) is 12.8. The highest BCUT2D eigenvalue weighted by Gasteiger charge is 2.32. The first kappa shape index (κ1) is 11.8. The van der Waals surface area contributed by atoms with Crippen molar-refractivity contribution in [3.8, 4) is 0 Å². The summed E-state index contributed by atoms with van der Waals surface area (Å²) < 4.78 is 0. The number of rotatable bonds is 1. The number of anilines is 2. The zero-order valence-corrected chi connectivity index (χ0v) is 11.4. The minimum atomic E-state index is -0.0775. The van der Waals surface area contributed by atoms with E-state index in [-0.39, 0.29) is 5.54 Å². The van der Waals surface area contributed by atoms with Crippen LogP contribution in [0.25, 0.3) is 0 Å². The minimum Gasteiger partial charge on any atom is -0.371 e. The topological polar surface area (TPSA) is 32.5 Å². The molecule has 1 aliphatic carbocycles. The third-order valence-electron chi connectivity index (χ3n) is 4.64. The van der Waals surface area contributed by atoms with Gasteiger partial charge in [-0.3, -0.25) is 0 Å². The molecule has 0 atom stereocenters. The van der Waals surface area contributed by atoms with E-state index in [1.54, 1.807) is 0 Å². The predicted octanol–water partition coefficient (Wildman–Crippen LogP) is 2.30. The summed E-state index contributed by atoms with van der Waals surface area (Å²) in [7, 11) is 4.34. The van der Waals surface area contributed by atoms with Gasteiger partial charge in [-0.05, 0) is 30.5 Å². The number of hydrogen-bond donors (Lipinski definition) is 1. The summed E-state index contributed by atoms with van der Waals surface area (Å²) in [6.07, 6.45) is 4.79. The highest BCUT2D eigenvalue weighted by Crippen LogP contribution is 2.40. The molecule has 3 nitrogen and oxygen atoms in total. The number of likely N-dealkylation sites (N-methyl/N-ethyl adjacent to an activating group) is 2. The molecule has 0 spiro atoms. The fraction of sp³-hybridized carbons (Fsp3) is 0.600. The molecule has 3 heteroatoms. The second-order valence-corrected chi connectivity index (χ2v) is 5.91. The van der Waals surface area contributed by atoms with Crippen LogP contribution in [0, 0.1) is 0 Å². The summed E-state index contributed by atoms with van der Waals surface area (Å²) >= 11 is 0. The quantitative estimate of drug-likeness (QED) is 0.824. The Morgan fingerprint density at radius 2 is 1.61 bits per heavy atom. The van der Waals surface area contributed by atoms with E-state index in [0.29, 0.717) is 0 Å². The van der Waals surface area contributed by atoms with Gasteiger partial charge in [-0.25, -0.2) is 0 Å². The van der Waals surface area contributed by atoms with Gasteiger partial charge in [-0.1, -0.05) is 18.9 Å². The lowest BCUT2D eigenvalue weighted by molar-refractivity contribution is 0.461. The summed E-state index contributed by atoms with van der Waals surface area (Å²) in [5.74, 6) is 0. The van der Waals surface area contributed by atoms with E-state index in [1.165, 1.54) is 29.8 Å². The van der Waals surface area contributed by atoms with Crippen LogP contribution in [0.1, 0.15) is 31.2 Å². The van der Waals surface area contributed by atoms with Crippen LogP contribution >= 0.6 is 0 Å². The van der Waals surface area contributed by atoms with Gasteiger partial charge < -0.3 is 15.5 Å². The first-order valence-electron chi connectivity index (χ1n) is 6.96. The Morgan fingerprint density at radius 3 is 2.28 bits per heavy atom. The smallest absolute Gasteiger partial charge is 0.0605 e. The lowest BCUT2D eigenvalue weighted by Gasteiger charge is -2.36. The monoisotopic (exact) mass is 245 g/mol. The van der Waals surface area contributed by atoms with E-state index in [4.69, 9.17) is 5.73 Å². The molecule has 0 aromatic heterocycles. The number of nitrogens with two attached hydrogens (primary N) is 1. The predicted molar refractivity (Wildman–Crippen MR) is 77.3 cm³/mol. The maximum atomic E-state index is 6.56. The van der Waals surface area contributed by atoms with Crippen LogP contribution in [0.4, 0.5) is 11.4 Å². The second-order valence-electron chi connectivity index (χ2n) is 5.91. The van der Waals surface area contributed by atoms with Crippen molar-refractivity contribution >= 4 is 11.4 Å². The third-order valence-corrected chi connectivity index (χ3v) is 4.64. The Kier molecular flexibility index (Phi) is 2.74. The largest absolute Gasteiger partial charge is 0.371 e. The number of fused-ring (bicyclic) bond motifs is 1. The van der Waals surface area contributed by atoms with Crippen LogP contribution < -0.4 is 15.5 Å². The fourth-order valence-corrected chi connectivity index (χ4v) is 3.30. The van der Waals surface area contributed by atoms with E-state index >= 15 is 0 Å². The Bertz CT molecular complexity index is 449. The number of benzene rings is 1. The molecule has 98 valence electrons. The van der Waals surface area contributed by atoms with Crippen LogP contribution in [-0.2, 0) is 5.54 Å². The first-order valence-corrected chi connectivity index (χ1v) is 6.96. The summed E-state index contributed by atoms with van der Waals surface area (Å²) in [6, 6.07) is 6.80. The molecular weight excluding hydrogens is 222 g/mol. The van der Waals surface area contributed by atoms with E-state index in [2.05, 4.69) is 42.1 Å². The molecule has 1 aromatic carbocycles. The second kappa shape index (κ2) is 4.16. The Hall–Kier alpha value is -1.22. The van der Waals surface area contributed by atoms with Crippen molar-refractivity contribution < 1.29 is 0 Å². The van der Waals surface area contributed by atoms with Crippen molar-refractivity contribution in [2.24, 2.45) is 5.73 Å². The summed E-state index contributed by atoms with van der Waals surface area (Å²) in [5.41, 5.74) is 10.5. The van der Waals surface area contributed by atoms with Crippen LogP contribution in [0.3, 0.4) is 0 Å². The molecule has 0 saturated heterocycles. The Balaban J connectivity index is 2.02. The highest BCUT2D eigenvalue weighted by molar-refractivity contribution is 5.74. The molecule has 0 bridgehead atoms. The van der Waals surface area contributed by atoms with Gasteiger partial charge in [0.15, 0.2) is 0 Å². The molecule has 2 N–H and O–H groups in total. The van der Waals surface area contributed by atoms with Gasteiger partial charge in [0.2, 0.25) is 0 Å². The van der Waals surface area contributed by atoms with Crippen molar-refractivity contribution in [1.29, 1.82) is 0 Å². The molecule has 1 saturated carbocycles. The Labute approximate surface area is 110 Å². The summed E-state index contributed by atoms with van der Waals surface area (Å²) in [5, 5.41) is 0. The Morgan fingerprint density at radius 1 is 1.00 bits per heavy atom. The molecule has 2 aliphatic rings. The van der Waals surface area contributed by atoms with Gasteiger partial charge in [0.1, 0.15) is 0 Å². The lowest BCUT2D eigenvalue weighted by atomic mass is 9.88. The van der Waals surface area contributed by atoms with Crippen LogP contribution in [0.5, 0.6) is 0 Å². The van der Waals surface area contributed by atoms with Gasteiger partial charge in [0.05, 0.1) is 11.4 Å². The number of nitrogens with zero attached hydrogens (tertiary/aromatic N) is 2. The van der Waals surface area contributed by atoms with Gasteiger partial charge in [-0.2, -0.15) is 0 Å². The molecule has 1 aromatic rings. The highest BCUT2D eigenvalue weighted by atomic mass is 15.2. The van der Waals surface area contributed by atoms with E-state index < -0.39 is 0 Å². The van der Waals surface area contributed by atoms with E-state index in [1.807, 2.05) is 0 Å². The average Bonchev–Trinajstić information content (AvgIpc) is 2.82. The normalized spacial score (nSPS) is 22.2. The molecular formula is C15H23N3. The van der Waals surface area contributed by atoms with Gasteiger partial charge in [0.25, 0.3) is 0 Å². The maximum absolute atomic E-state index is 6.56. The molecule has 1 aliphatic heterocycles.